The quantitative estimate of drug-likeness (QED) is 0.507. The van der Waals surface area contributed by atoms with Gasteiger partial charge in [-0.1, -0.05) is 20.3 Å². The van der Waals surface area contributed by atoms with Crippen molar-refractivity contribution in [2.24, 2.45) is 5.92 Å². The van der Waals surface area contributed by atoms with Gasteiger partial charge in [-0.15, -0.1) is 0 Å². The molecule has 0 aromatic rings. The Kier molecular flexibility index (Phi) is 9.32. The minimum atomic E-state index is -4.45. The highest BCUT2D eigenvalue weighted by Gasteiger charge is 2.43. The van der Waals surface area contributed by atoms with Crippen molar-refractivity contribution in [1.82, 2.24) is 10.6 Å². The Hall–Kier alpha value is -1.02. The number of hydrogen-bond acceptors (Lipinski definition) is 3. The summed E-state index contributed by atoms with van der Waals surface area (Å²) in [5.74, 6) is -0.675. The average Bonchev–Trinajstić information content (AvgIpc) is 2.38. The number of methoxy groups -OCH3 is 1. The Labute approximate surface area is 117 Å². The van der Waals surface area contributed by atoms with E-state index in [2.05, 4.69) is 10.1 Å². The second-order valence-corrected chi connectivity index (χ2v) is 4.47. The molecule has 0 aromatic heterocycles. The van der Waals surface area contributed by atoms with Crippen LogP contribution in [-0.2, 0) is 9.47 Å². The maximum atomic E-state index is 12.8. The lowest BCUT2D eigenvalue weighted by atomic mass is 9.99. The lowest BCUT2D eigenvalue weighted by Gasteiger charge is -2.26. The van der Waals surface area contributed by atoms with Crippen LogP contribution in [0.5, 0.6) is 0 Å². The van der Waals surface area contributed by atoms with E-state index >= 15 is 0 Å². The Bertz CT molecular complexity index is 275. The highest BCUT2D eigenvalue weighted by atomic mass is 19.4. The molecule has 5 nitrogen and oxygen atoms in total. The topological polar surface area (TPSA) is 59.6 Å². The predicted octanol–water partition coefficient (Wildman–Crippen LogP) is 2.27. The third-order valence-corrected chi connectivity index (χ3v) is 2.80. The van der Waals surface area contributed by atoms with Gasteiger partial charge in [0, 0.05) is 13.7 Å². The van der Waals surface area contributed by atoms with Gasteiger partial charge in [0.1, 0.15) is 12.8 Å². The number of hydrogen-bond donors (Lipinski definition) is 2. The Balaban J connectivity index is 4.02. The SMILES string of the molecule is CC[C@@H](C)[C@@H](NC(=O)NCCCOCOC)C(F)(F)F. The summed E-state index contributed by atoms with van der Waals surface area (Å²) < 4.78 is 47.9. The van der Waals surface area contributed by atoms with Crippen LogP contribution in [0.25, 0.3) is 0 Å². The van der Waals surface area contributed by atoms with E-state index in [0.717, 1.165) is 0 Å². The molecule has 0 fully saturated rings. The molecular weight excluding hydrogens is 277 g/mol. The highest BCUT2D eigenvalue weighted by molar-refractivity contribution is 5.74. The zero-order chi connectivity index (χ0) is 15.6. The van der Waals surface area contributed by atoms with Crippen LogP contribution in [0.2, 0.25) is 0 Å². The smallest absolute Gasteiger partial charge is 0.359 e. The van der Waals surface area contributed by atoms with Crippen LogP contribution in [0.15, 0.2) is 0 Å². The number of nitrogens with one attached hydrogen (secondary N) is 2. The minimum Gasteiger partial charge on any atom is -0.359 e. The van der Waals surface area contributed by atoms with Crippen molar-refractivity contribution >= 4 is 6.03 Å². The second kappa shape index (κ2) is 9.82. The molecule has 8 heteroatoms. The largest absolute Gasteiger partial charge is 0.408 e. The number of urea groups is 1. The molecule has 0 radical (unpaired) electrons. The summed E-state index contributed by atoms with van der Waals surface area (Å²) in [6, 6.07) is -2.66. The van der Waals surface area contributed by atoms with E-state index in [4.69, 9.17) is 4.74 Å². The molecule has 0 aromatic carbocycles. The van der Waals surface area contributed by atoms with E-state index in [9.17, 15) is 18.0 Å². The molecule has 20 heavy (non-hydrogen) atoms. The molecule has 0 bridgehead atoms. The number of halogens is 3. The summed E-state index contributed by atoms with van der Waals surface area (Å²) >= 11 is 0. The molecule has 0 rings (SSSR count). The first-order valence-corrected chi connectivity index (χ1v) is 6.50. The van der Waals surface area contributed by atoms with E-state index in [1.807, 2.05) is 5.32 Å². The number of carbonyl (C=O) groups excluding carboxylic acids is 1. The van der Waals surface area contributed by atoms with Gasteiger partial charge in [0.05, 0.1) is 6.61 Å². The minimum absolute atomic E-state index is 0.149. The third kappa shape index (κ3) is 8.21. The van der Waals surface area contributed by atoms with Gasteiger partial charge in [0.25, 0.3) is 0 Å². The summed E-state index contributed by atoms with van der Waals surface area (Å²) in [6.45, 7) is 3.85. The van der Waals surface area contributed by atoms with E-state index in [1.165, 1.54) is 14.0 Å². The maximum absolute atomic E-state index is 12.8. The molecule has 2 N–H and O–H groups in total. The van der Waals surface area contributed by atoms with Crippen LogP contribution in [-0.4, -0.2) is 45.3 Å². The first-order chi connectivity index (χ1) is 9.32. The van der Waals surface area contributed by atoms with Crippen molar-refractivity contribution in [2.45, 2.75) is 38.9 Å². The first-order valence-electron chi connectivity index (χ1n) is 6.50. The van der Waals surface area contributed by atoms with Gasteiger partial charge >= 0.3 is 12.2 Å². The number of alkyl halides is 3. The van der Waals surface area contributed by atoms with Gasteiger partial charge < -0.3 is 20.1 Å². The summed E-state index contributed by atoms with van der Waals surface area (Å²) in [4.78, 5) is 11.4. The standard InChI is InChI=1S/C12H23F3N2O3/c1-4-9(2)10(12(13,14)15)17-11(18)16-6-5-7-20-8-19-3/h9-10H,4-8H2,1-3H3,(H2,16,17,18)/t9-,10-/m1/s1. The molecule has 0 unspecified atom stereocenters. The molecule has 0 aliphatic rings. The van der Waals surface area contributed by atoms with E-state index in [1.54, 1.807) is 6.92 Å². The number of rotatable bonds is 9. The zero-order valence-corrected chi connectivity index (χ0v) is 12.0. The van der Waals surface area contributed by atoms with Crippen LogP contribution in [0, 0.1) is 5.92 Å². The summed E-state index contributed by atoms with van der Waals surface area (Å²) in [5, 5.41) is 4.34. The van der Waals surface area contributed by atoms with E-state index in [0.29, 0.717) is 19.4 Å². The first kappa shape index (κ1) is 19.0. The summed E-state index contributed by atoms with van der Waals surface area (Å²) in [5.41, 5.74) is 0. The monoisotopic (exact) mass is 300 g/mol. The Morgan fingerprint density at radius 2 is 2.00 bits per heavy atom. The van der Waals surface area contributed by atoms with Crippen molar-refractivity contribution in [3.05, 3.63) is 0 Å². The van der Waals surface area contributed by atoms with Crippen LogP contribution in [0.3, 0.4) is 0 Å². The fourth-order valence-corrected chi connectivity index (χ4v) is 1.49. The fraction of sp³-hybridized carbons (Fsp3) is 0.917. The summed E-state index contributed by atoms with van der Waals surface area (Å²) in [6.07, 6.45) is -3.62. The molecule has 0 saturated heterocycles. The van der Waals surface area contributed by atoms with Crippen LogP contribution < -0.4 is 10.6 Å². The van der Waals surface area contributed by atoms with Gasteiger partial charge in [0.15, 0.2) is 0 Å². The van der Waals surface area contributed by atoms with Crippen molar-refractivity contribution in [1.29, 1.82) is 0 Å². The Morgan fingerprint density at radius 3 is 2.50 bits per heavy atom. The average molecular weight is 300 g/mol. The molecule has 2 atom stereocenters. The van der Waals surface area contributed by atoms with Crippen molar-refractivity contribution < 1.29 is 27.4 Å². The lowest BCUT2D eigenvalue weighted by Crippen LogP contribution is -2.52. The van der Waals surface area contributed by atoms with Crippen molar-refractivity contribution in [2.75, 3.05) is 27.1 Å². The van der Waals surface area contributed by atoms with Crippen LogP contribution >= 0.6 is 0 Å². The Morgan fingerprint density at radius 1 is 1.35 bits per heavy atom. The predicted molar refractivity (Wildman–Crippen MR) is 68.3 cm³/mol. The molecule has 2 amide bonds. The van der Waals surface area contributed by atoms with E-state index in [-0.39, 0.29) is 13.3 Å². The van der Waals surface area contributed by atoms with Gasteiger partial charge in [-0.2, -0.15) is 13.2 Å². The number of amides is 2. The second-order valence-electron chi connectivity index (χ2n) is 4.47. The molecule has 120 valence electrons. The van der Waals surface area contributed by atoms with E-state index < -0.39 is 24.2 Å². The summed E-state index contributed by atoms with van der Waals surface area (Å²) in [7, 11) is 1.48. The fourth-order valence-electron chi connectivity index (χ4n) is 1.49. The van der Waals surface area contributed by atoms with Crippen LogP contribution in [0.1, 0.15) is 26.7 Å². The number of carbonyl (C=O) groups is 1. The molecule has 0 aliphatic carbocycles. The van der Waals surface area contributed by atoms with Crippen molar-refractivity contribution in [3.8, 4) is 0 Å². The third-order valence-electron chi connectivity index (χ3n) is 2.80. The number of ether oxygens (including phenoxy) is 2. The molecule has 0 spiro atoms. The van der Waals surface area contributed by atoms with Gasteiger partial charge in [-0.25, -0.2) is 4.79 Å². The van der Waals surface area contributed by atoms with Crippen LogP contribution in [0.4, 0.5) is 18.0 Å². The lowest BCUT2D eigenvalue weighted by molar-refractivity contribution is -0.163. The molecule has 0 heterocycles. The highest BCUT2D eigenvalue weighted by Crippen LogP contribution is 2.27. The van der Waals surface area contributed by atoms with Gasteiger partial charge in [-0.3, -0.25) is 0 Å². The van der Waals surface area contributed by atoms with Gasteiger partial charge in [0.2, 0.25) is 0 Å². The molecule has 0 aliphatic heterocycles. The molecule has 0 saturated carbocycles. The molecular formula is C12H23F3N2O3. The normalized spacial score (nSPS) is 14.7. The zero-order valence-electron chi connectivity index (χ0n) is 12.0. The van der Waals surface area contributed by atoms with Gasteiger partial charge in [-0.05, 0) is 12.3 Å². The maximum Gasteiger partial charge on any atom is 0.408 e. The van der Waals surface area contributed by atoms with Crippen molar-refractivity contribution in [3.63, 3.8) is 0 Å².